The third kappa shape index (κ3) is 3.23. The molecule has 0 radical (unpaired) electrons. The second kappa shape index (κ2) is 6.41. The van der Waals surface area contributed by atoms with E-state index in [4.69, 9.17) is 0 Å². The molecule has 1 amide bonds. The van der Waals surface area contributed by atoms with Crippen LogP contribution in [-0.4, -0.2) is 37.0 Å². The number of fused-ring (bicyclic) bond motifs is 1. The lowest BCUT2D eigenvalue weighted by molar-refractivity contribution is 0.0642. The summed E-state index contributed by atoms with van der Waals surface area (Å²) in [6.07, 6.45) is 1.15. The molecule has 2 aliphatic heterocycles. The highest BCUT2D eigenvalue weighted by atomic mass is 127. The summed E-state index contributed by atoms with van der Waals surface area (Å²) in [5.74, 6) is 1.63. The molecule has 5 heteroatoms. The second-order valence-electron chi connectivity index (χ2n) is 5.23. The summed E-state index contributed by atoms with van der Waals surface area (Å²) in [7, 11) is 0. The Morgan fingerprint density at radius 1 is 1.21 bits per heavy atom. The van der Waals surface area contributed by atoms with Gasteiger partial charge in [0.15, 0.2) is 0 Å². The number of nitrogens with zero attached hydrogens (tertiary/aromatic N) is 1. The Morgan fingerprint density at radius 2 is 1.89 bits per heavy atom. The number of carbonyl (C=O) groups is 1. The van der Waals surface area contributed by atoms with E-state index in [1.807, 2.05) is 29.2 Å². The molecule has 0 aromatic heterocycles. The molecule has 0 saturated carbocycles. The molecule has 0 spiro atoms. The van der Waals surface area contributed by atoms with Gasteiger partial charge in [-0.2, -0.15) is 0 Å². The minimum Gasteiger partial charge on any atom is -0.338 e. The van der Waals surface area contributed by atoms with Crippen LogP contribution >= 0.6 is 35.0 Å². The van der Waals surface area contributed by atoms with Crippen LogP contribution < -0.4 is 5.32 Å². The van der Waals surface area contributed by atoms with Crippen molar-refractivity contribution in [1.82, 2.24) is 10.2 Å². The molecule has 1 aromatic carbocycles. The molecule has 2 atom stereocenters. The van der Waals surface area contributed by atoms with Gasteiger partial charge in [0.2, 0.25) is 0 Å². The van der Waals surface area contributed by atoms with E-state index >= 15 is 0 Å². The van der Waals surface area contributed by atoms with Gasteiger partial charge in [0.25, 0.3) is 5.91 Å². The van der Waals surface area contributed by atoms with Gasteiger partial charge in [0, 0.05) is 22.2 Å². The maximum absolute atomic E-state index is 12.4. The minimum absolute atomic E-state index is 0. The number of likely N-dealkylation sites (tertiary alicyclic amines) is 1. The number of carbonyl (C=O) groups excluding carboxylic acids is 1. The molecule has 3 rings (SSSR count). The normalized spacial score (nSPS) is 25.6. The molecule has 2 fully saturated rings. The highest BCUT2D eigenvalue weighted by molar-refractivity contribution is 14.1. The van der Waals surface area contributed by atoms with Gasteiger partial charge in [-0.3, -0.25) is 4.79 Å². The lowest BCUT2D eigenvalue weighted by Gasteiger charge is -2.34. The molecule has 104 valence electrons. The number of rotatable bonds is 1. The number of piperidine rings is 1. The van der Waals surface area contributed by atoms with Crippen LogP contribution in [0.5, 0.6) is 0 Å². The predicted molar refractivity (Wildman–Crippen MR) is 86.8 cm³/mol. The third-order valence-corrected chi connectivity index (χ3v) is 4.80. The minimum atomic E-state index is 0. The van der Waals surface area contributed by atoms with Crippen molar-refractivity contribution in [3.05, 3.63) is 33.4 Å². The Hall–Kier alpha value is -0.330. The predicted octanol–water partition coefficient (Wildman–Crippen LogP) is 2.39. The van der Waals surface area contributed by atoms with Crippen LogP contribution in [-0.2, 0) is 0 Å². The Morgan fingerprint density at radius 3 is 2.63 bits per heavy atom. The second-order valence-corrected chi connectivity index (χ2v) is 6.47. The first-order valence-electron chi connectivity index (χ1n) is 6.49. The first kappa shape index (κ1) is 15.1. The highest BCUT2D eigenvalue weighted by Gasteiger charge is 2.34. The van der Waals surface area contributed by atoms with E-state index in [-0.39, 0.29) is 18.3 Å². The van der Waals surface area contributed by atoms with Crippen molar-refractivity contribution in [1.29, 1.82) is 0 Å². The fraction of sp³-hybridized carbons (Fsp3) is 0.500. The van der Waals surface area contributed by atoms with Crippen molar-refractivity contribution >= 4 is 40.9 Å². The first-order chi connectivity index (χ1) is 8.74. The van der Waals surface area contributed by atoms with E-state index in [9.17, 15) is 4.79 Å². The summed E-state index contributed by atoms with van der Waals surface area (Å²) in [6.45, 7) is 4.04. The van der Waals surface area contributed by atoms with Gasteiger partial charge in [-0.1, -0.05) is 0 Å². The van der Waals surface area contributed by atoms with E-state index in [1.54, 1.807) is 0 Å². The first-order valence-corrected chi connectivity index (χ1v) is 7.57. The highest BCUT2D eigenvalue weighted by Crippen LogP contribution is 2.27. The molecule has 2 unspecified atom stereocenters. The standard InChI is InChI=1S/C14H17IN2O.ClH/c15-13-3-1-10(2-4-13)14(18)17-6-5-11-7-16-8-12(11)9-17;/h1-4,11-12,16H,5-9H2;1H. The Balaban J connectivity index is 0.00000133. The maximum atomic E-state index is 12.4. The Kier molecular flexibility index (Phi) is 5.09. The molecular formula is C14H18ClIN2O. The number of hydrogen-bond donors (Lipinski definition) is 1. The molecule has 2 heterocycles. The van der Waals surface area contributed by atoms with E-state index in [0.717, 1.165) is 44.1 Å². The average molecular weight is 393 g/mol. The van der Waals surface area contributed by atoms with E-state index in [2.05, 4.69) is 27.9 Å². The number of benzene rings is 1. The number of halogens is 2. The number of hydrogen-bond acceptors (Lipinski definition) is 2. The molecule has 19 heavy (non-hydrogen) atoms. The van der Waals surface area contributed by atoms with Crippen molar-refractivity contribution in [3.8, 4) is 0 Å². The Bertz CT molecular complexity index is 451. The van der Waals surface area contributed by atoms with Gasteiger partial charge < -0.3 is 10.2 Å². The fourth-order valence-electron chi connectivity index (χ4n) is 2.99. The third-order valence-electron chi connectivity index (χ3n) is 4.08. The smallest absolute Gasteiger partial charge is 0.253 e. The van der Waals surface area contributed by atoms with Crippen LogP contribution in [0.3, 0.4) is 0 Å². The number of amides is 1. The largest absolute Gasteiger partial charge is 0.338 e. The summed E-state index contributed by atoms with van der Waals surface area (Å²) in [6, 6.07) is 7.86. The summed E-state index contributed by atoms with van der Waals surface area (Å²) in [5, 5.41) is 3.43. The fourth-order valence-corrected chi connectivity index (χ4v) is 3.35. The van der Waals surface area contributed by atoms with Crippen molar-refractivity contribution in [2.45, 2.75) is 6.42 Å². The van der Waals surface area contributed by atoms with Crippen LogP contribution in [0.25, 0.3) is 0 Å². The van der Waals surface area contributed by atoms with Crippen molar-refractivity contribution < 1.29 is 4.79 Å². The van der Waals surface area contributed by atoms with Crippen LogP contribution in [0.4, 0.5) is 0 Å². The summed E-state index contributed by atoms with van der Waals surface area (Å²) >= 11 is 2.26. The van der Waals surface area contributed by atoms with Gasteiger partial charge in [-0.25, -0.2) is 0 Å². The summed E-state index contributed by atoms with van der Waals surface area (Å²) in [5.41, 5.74) is 0.819. The molecule has 0 bridgehead atoms. The molecule has 2 saturated heterocycles. The van der Waals surface area contributed by atoms with Crippen LogP contribution in [0, 0.1) is 15.4 Å². The van der Waals surface area contributed by atoms with Gasteiger partial charge >= 0.3 is 0 Å². The lowest BCUT2D eigenvalue weighted by Crippen LogP contribution is -2.43. The van der Waals surface area contributed by atoms with Gasteiger partial charge in [-0.05, 0) is 78.2 Å². The molecule has 1 aromatic rings. The van der Waals surface area contributed by atoms with E-state index in [1.165, 1.54) is 3.57 Å². The molecular weight excluding hydrogens is 375 g/mol. The Labute approximate surface area is 133 Å². The SMILES string of the molecule is Cl.O=C(c1ccc(I)cc1)N1CCC2CNCC2C1. The molecule has 3 nitrogen and oxygen atoms in total. The molecule has 0 aliphatic carbocycles. The topological polar surface area (TPSA) is 32.3 Å². The van der Waals surface area contributed by atoms with Gasteiger partial charge in [-0.15, -0.1) is 12.4 Å². The van der Waals surface area contributed by atoms with E-state index in [0.29, 0.717) is 5.92 Å². The van der Waals surface area contributed by atoms with Gasteiger partial charge in [0.1, 0.15) is 0 Å². The zero-order valence-corrected chi connectivity index (χ0v) is 13.6. The van der Waals surface area contributed by atoms with Gasteiger partial charge in [0.05, 0.1) is 0 Å². The molecule has 2 aliphatic rings. The quantitative estimate of drug-likeness (QED) is 0.745. The average Bonchev–Trinajstić information content (AvgIpc) is 2.86. The lowest BCUT2D eigenvalue weighted by atomic mass is 9.88. The summed E-state index contributed by atoms with van der Waals surface area (Å²) in [4.78, 5) is 14.4. The number of nitrogens with one attached hydrogen (secondary N) is 1. The van der Waals surface area contributed by atoms with Crippen molar-refractivity contribution in [2.24, 2.45) is 11.8 Å². The van der Waals surface area contributed by atoms with E-state index < -0.39 is 0 Å². The maximum Gasteiger partial charge on any atom is 0.253 e. The van der Waals surface area contributed by atoms with Crippen LogP contribution in [0.15, 0.2) is 24.3 Å². The van der Waals surface area contributed by atoms with Crippen molar-refractivity contribution in [2.75, 3.05) is 26.2 Å². The summed E-state index contributed by atoms with van der Waals surface area (Å²) < 4.78 is 1.17. The van der Waals surface area contributed by atoms with Crippen molar-refractivity contribution in [3.63, 3.8) is 0 Å². The van der Waals surface area contributed by atoms with Crippen LogP contribution in [0.1, 0.15) is 16.8 Å². The molecule has 1 N–H and O–H groups in total. The zero-order valence-electron chi connectivity index (χ0n) is 10.6. The van der Waals surface area contributed by atoms with Crippen LogP contribution in [0.2, 0.25) is 0 Å². The zero-order chi connectivity index (χ0) is 12.5. The monoisotopic (exact) mass is 392 g/mol.